The third kappa shape index (κ3) is 3.92. The molecule has 1 aromatic carbocycles. The second kappa shape index (κ2) is 7.94. The van der Waals surface area contributed by atoms with Crippen LogP contribution in [0.15, 0.2) is 35.7 Å². The zero-order valence-corrected chi connectivity index (χ0v) is 15.3. The maximum atomic E-state index is 12.7. The van der Waals surface area contributed by atoms with Crippen molar-refractivity contribution in [3.8, 4) is 0 Å². The second-order valence-corrected chi connectivity index (χ2v) is 7.31. The second-order valence-electron chi connectivity index (χ2n) is 6.33. The van der Waals surface area contributed by atoms with E-state index < -0.39 is 11.0 Å². The van der Waals surface area contributed by atoms with Gasteiger partial charge in [-0.1, -0.05) is 12.1 Å². The summed E-state index contributed by atoms with van der Waals surface area (Å²) in [6.45, 7) is 4.57. The number of rotatable bonds is 5. The number of nitro benzene ring substituents is 1. The summed E-state index contributed by atoms with van der Waals surface area (Å²) >= 11 is 1.53. The van der Waals surface area contributed by atoms with E-state index in [9.17, 15) is 20.0 Å². The number of thiophene rings is 1. The summed E-state index contributed by atoms with van der Waals surface area (Å²) in [6.07, 6.45) is -0.517. The highest BCUT2D eigenvalue weighted by molar-refractivity contribution is 7.10. The summed E-state index contributed by atoms with van der Waals surface area (Å²) in [5, 5.41) is 23.3. The van der Waals surface area contributed by atoms with Gasteiger partial charge in [0.05, 0.1) is 4.92 Å². The standard InChI is InChI=1S/C18H21N3O4S/c1-13-14(4-2-5-15(13)21(24)25)18(23)20-9-7-19(8-10-20)12-16(22)17-6-3-11-26-17/h2-6,11,16,22H,7-10,12H2,1H3. The van der Waals surface area contributed by atoms with Crippen molar-refractivity contribution in [3.05, 3.63) is 61.8 Å². The number of piperazine rings is 1. The van der Waals surface area contributed by atoms with Gasteiger partial charge in [0.25, 0.3) is 11.6 Å². The van der Waals surface area contributed by atoms with Crippen LogP contribution in [0.4, 0.5) is 5.69 Å². The van der Waals surface area contributed by atoms with Crippen LogP contribution in [0.3, 0.4) is 0 Å². The fourth-order valence-corrected chi connectivity index (χ4v) is 3.88. The molecule has 1 saturated heterocycles. The Balaban J connectivity index is 1.60. The molecule has 0 radical (unpaired) electrons. The molecule has 0 bridgehead atoms. The molecule has 1 atom stereocenters. The Labute approximate surface area is 155 Å². The lowest BCUT2D eigenvalue weighted by atomic mass is 10.1. The molecule has 0 spiro atoms. The SMILES string of the molecule is Cc1c(C(=O)N2CCN(CC(O)c3cccs3)CC2)cccc1[N+](=O)[O-]. The van der Waals surface area contributed by atoms with Crippen molar-refractivity contribution in [3.63, 3.8) is 0 Å². The van der Waals surface area contributed by atoms with Crippen molar-refractivity contribution in [2.75, 3.05) is 32.7 Å². The third-order valence-corrected chi connectivity index (χ3v) is 5.67. The number of benzene rings is 1. The highest BCUT2D eigenvalue weighted by atomic mass is 32.1. The van der Waals surface area contributed by atoms with Gasteiger partial charge in [0.15, 0.2) is 0 Å². The molecule has 26 heavy (non-hydrogen) atoms. The number of nitrogens with zero attached hydrogens (tertiary/aromatic N) is 3. The lowest BCUT2D eigenvalue weighted by molar-refractivity contribution is -0.385. The summed E-state index contributed by atoms with van der Waals surface area (Å²) in [6, 6.07) is 8.43. The molecule has 1 unspecified atom stereocenters. The maximum absolute atomic E-state index is 12.7. The van der Waals surface area contributed by atoms with Gasteiger partial charge in [-0.15, -0.1) is 11.3 Å². The number of β-amino-alcohol motifs (C(OH)–C–C–N with tert-alkyl or cyclic N) is 1. The Kier molecular flexibility index (Phi) is 5.65. The molecule has 1 amide bonds. The van der Waals surface area contributed by atoms with E-state index in [0.29, 0.717) is 43.9 Å². The minimum Gasteiger partial charge on any atom is -0.386 e. The monoisotopic (exact) mass is 375 g/mol. The van der Waals surface area contributed by atoms with Crippen LogP contribution in [0.25, 0.3) is 0 Å². The van der Waals surface area contributed by atoms with Crippen molar-refractivity contribution < 1.29 is 14.8 Å². The topological polar surface area (TPSA) is 86.9 Å². The van der Waals surface area contributed by atoms with Crippen LogP contribution in [-0.2, 0) is 0 Å². The first-order valence-electron chi connectivity index (χ1n) is 8.44. The number of nitro groups is 1. The first-order chi connectivity index (χ1) is 12.5. The number of carbonyl (C=O) groups excluding carboxylic acids is 1. The van der Waals surface area contributed by atoms with Gasteiger partial charge in [0.2, 0.25) is 0 Å². The van der Waals surface area contributed by atoms with E-state index in [-0.39, 0.29) is 11.6 Å². The molecule has 1 fully saturated rings. The van der Waals surface area contributed by atoms with E-state index in [1.54, 1.807) is 24.0 Å². The molecule has 1 aliphatic heterocycles. The van der Waals surface area contributed by atoms with Gasteiger partial charge < -0.3 is 10.0 Å². The summed E-state index contributed by atoms with van der Waals surface area (Å²) < 4.78 is 0. The van der Waals surface area contributed by atoms with Gasteiger partial charge in [-0.2, -0.15) is 0 Å². The Hall–Kier alpha value is -2.29. The molecule has 1 aromatic heterocycles. The van der Waals surface area contributed by atoms with Gasteiger partial charge in [0, 0.05) is 54.8 Å². The predicted molar refractivity (Wildman–Crippen MR) is 99.5 cm³/mol. The molecule has 0 aliphatic carbocycles. The Morgan fingerprint density at radius 1 is 1.27 bits per heavy atom. The van der Waals surface area contributed by atoms with Crippen molar-refractivity contribution in [1.29, 1.82) is 0 Å². The van der Waals surface area contributed by atoms with Crippen molar-refractivity contribution >= 4 is 22.9 Å². The molecule has 3 rings (SSSR count). The molecule has 1 N–H and O–H groups in total. The highest BCUT2D eigenvalue weighted by Crippen LogP contribution is 2.23. The number of carbonyl (C=O) groups is 1. The van der Waals surface area contributed by atoms with Crippen molar-refractivity contribution in [1.82, 2.24) is 9.80 Å². The number of hydrogen-bond donors (Lipinski definition) is 1. The van der Waals surface area contributed by atoms with E-state index in [2.05, 4.69) is 4.90 Å². The molecule has 0 saturated carbocycles. The average Bonchev–Trinajstić information content (AvgIpc) is 3.16. The van der Waals surface area contributed by atoms with Crippen LogP contribution in [0, 0.1) is 17.0 Å². The average molecular weight is 375 g/mol. The first-order valence-corrected chi connectivity index (χ1v) is 9.32. The Morgan fingerprint density at radius 2 is 2.00 bits per heavy atom. The minimum absolute atomic E-state index is 0.0337. The van der Waals surface area contributed by atoms with E-state index >= 15 is 0 Å². The largest absolute Gasteiger partial charge is 0.386 e. The zero-order chi connectivity index (χ0) is 18.7. The lowest BCUT2D eigenvalue weighted by Gasteiger charge is -2.35. The van der Waals surface area contributed by atoms with Gasteiger partial charge >= 0.3 is 0 Å². The quantitative estimate of drug-likeness (QED) is 0.641. The smallest absolute Gasteiger partial charge is 0.273 e. The highest BCUT2D eigenvalue weighted by Gasteiger charge is 2.26. The van der Waals surface area contributed by atoms with E-state index in [1.807, 2.05) is 17.5 Å². The minimum atomic E-state index is -0.517. The number of amides is 1. The Bertz CT molecular complexity index is 786. The Morgan fingerprint density at radius 3 is 2.62 bits per heavy atom. The molecule has 2 aromatic rings. The summed E-state index contributed by atoms with van der Waals surface area (Å²) in [7, 11) is 0. The van der Waals surface area contributed by atoms with Gasteiger partial charge in [-0.25, -0.2) is 0 Å². The maximum Gasteiger partial charge on any atom is 0.273 e. The lowest BCUT2D eigenvalue weighted by Crippen LogP contribution is -2.49. The third-order valence-electron chi connectivity index (χ3n) is 4.69. The molecule has 1 aliphatic rings. The number of hydrogen-bond acceptors (Lipinski definition) is 6. The van der Waals surface area contributed by atoms with E-state index in [0.717, 1.165) is 4.88 Å². The number of aliphatic hydroxyl groups excluding tert-OH is 1. The van der Waals surface area contributed by atoms with Gasteiger partial charge in [-0.05, 0) is 24.4 Å². The molecular weight excluding hydrogens is 354 g/mol. The van der Waals surface area contributed by atoms with Crippen LogP contribution < -0.4 is 0 Å². The van der Waals surface area contributed by atoms with Crippen molar-refractivity contribution in [2.24, 2.45) is 0 Å². The molecular formula is C18H21N3O4S. The molecule has 2 heterocycles. The van der Waals surface area contributed by atoms with Crippen LogP contribution in [0.2, 0.25) is 0 Å². The van der Waals surface area contributed by atoms with E-state index in [1.165, 1.54) is 17.4 Å². The molecule has 7 nitrogen and oxygen atoms in total. The summed E-state index contributed by atoms with van der Waals surface area (Å²) in [5.74, 6) is -0.176. The normalized spacial score (nSPS) is 16.5. The van der Waals surface area contributed by atoms with Gasteiger partial charge in [-0.3, -0.25) is 19.8 Å². The fraction of sp³-hybridized carbons (Fsp3) is 0.389. The van der Waals surface area contributed by atoms with E-state index in [4.69, 9.17) is 0 Å². The first kappa shape index (κ1) is 18.5. The molecule has 8 heteroatoms. The zero-order valence-electron chi connectivity index (χ0n) is 14.5. The van der Waals surface area contributed by atoms with Gasteiger partial charge in [0.1, 0.15) is 6.10 Å². The fourth-order valence-electron chi connectivity index (χ4n) is 3.17. The van der Waals surface area contributed by atoms with Crippen LogP contribution >= 0.6 is 11.3 Å². The predicted octanol–water partition coefficient (Wildman–Crippen LogP) is 2.46. The van der Waals surface area contributed by atoms with Crippen LogP contribution in [-0.4, -0.2) is 58.5 Å². The van der Waals surface area contributed by atoms with Crippen molar-refractivity contribution in [2.45, 2.75) is 13.0 Å². The van der Waals surface area contributed by atoms with Crippen LogP contribution in [0.1, 0.15) is 26.9 Å². The van der Waals surface area contributed by atoms with Crippen LogP contribution in [0.5, 0.6) is 0 Å². The number of aliphatic hydroxyl groups is 1. The molecule has 138 valence electrons. The summed E-state index contributed by atoms with van der Waals surface area (Å²) in [5.41, 5.74) is 0.748. The summed E-state index contributed by atoms with van der Waals surface area (Å²) in [4.78, 5) is 28.1.